The summed E-state index contributed by atoms with van der Waals surface area (Å²) in [5.74, 6) is 1.48. The van der Waals surface area contributed by atoms with Gasteiger partial charge in [0.25, 0.3) is 0 Å². The van der Waals surface area contributed by atoms with Crippen LogP contribution in [-0.2, 0) is 9.59 Å². The highest BCUT2D eigenvalue weighted by Gasteiger charge is 2.40. The Morgan fingerprint density at radius 2 is 2.00 bits per heavy atom. The number of carboxylic acid groups (broad SMARTS) is 1. The lowest BCUT2D eigenvalue weighted by molar-refractivity contribution is -0.138. The average molecular weight is 267 g/mol. The highest BCUT2D eigenvalue weighted by Crippen LogP contribution is 2.49. The molecular formula is C15H25NO3. The minimum Gasteiger partial charge on any atom is -0.481 e. The summed E-state index contributed by atoms with van der Waals surface area (Å²) in [7, 11) is 0. The molecule has 108 valence electrons. The zero-order valence-corrected chi connectivity index (χ0v) is 11.9. The summed E-state index contributed by atoms with van der Waals surface area (Å²) in [5.41, 5.74) is 0. The summed E-state index contributed by atoms with van der Waals surface area (Å²) in [6.07, 6.45) is 5.73. The maximum absolute atomic E-state index is 12.1. The fourth-order valence-corrected chi connectivity index (χ4v) is 3.77. The molecule has 0 aliphatic heterocycles. The van der Waals surface area contributed by atoms with Crippen molar-refractivity contribution in [1.82, 2.24) is 5.32 Å². The fraction of sp³-hybridized carbons (Fsp3) is 0.867. The molecule has 2 aliphatic carbocycles. The van der Waals surface area contributed by atoms with Crippen molar-refractivity contribution in [1.29, 1.82) is 0 Å². The van der Waals surface area contributed by atoms with Crippen LogP contribution in [0.15, 0.2) is 0 Å². The monoisotopic (exact) mass is 267 g/mol. The first-order chi connectivity index (χ1) is 8.95. The van der Waals surface area contributed by atoms with Crippen LogP contribution in [0.4, 0.5) is 0 Å². The van der Waals surface area contributed by atoms with Gasteiger partial charge >= 0.3 is 5.97 Å². The van der Waals surface area contributed by atoms with Gasteiger partial charge in [0.15, 0.2) is 0 Å². The van der Waals surface area contributed by atoms with Crippen LogP contribution >= 0.6 is 0 Å². The van der Waals surface area contributed by atoms with Crippen LogP contribution in [0.25, 0.3) is 0 Å². The summed E-state index contributed by atoms with van der Waals surface area (Å²) in [5, 5.41) is 11.8. The SMILES string of the molecule is CC(C)C(CC(=O)O)NC(=O)CC1CC2CCC1C2. The first kappa shape index (κ1) is 14.4. The van der Waals surface area contributed by atoms with E-state index in [4.69, 9.17) is 5.11 Å². The van der Waals surface area contributed by atoms with Gasteiger partial charge in [0, 0.05) is 12.5 Å². The predicted octanol–water partition coefficient (Wildman–Crippen LogP) is 2.43. The number of carboxylic acids is 1. The van der Waals surface area contributed by atoms with Crippen molar-refractivity contribution in [2.45, 2.75) is 58.4 Å². The molecule has 0 saturated heterocycles. The molecule has 2 aliphatic rings. The standard InChI is InChI=1S/C15H25NO3/c1-9(2)13(8-15(18)19)16-14(17)7-12-6-10-3-4-11(12)5-10/h9-13H,3-8H2,1-2H3,(H,16,17)(H,18,19). The Labute approximate surface area is 115 Å². The molecule has 2 bridgehead atoms. The molecule has 0 heterocycles. The molecule has 0 aromatic carbocycles. The van der Waals surface area contributed by atoms with E-state index in [0.29, 0.717) is 12.3 Å². The lowest BCUT2D eigenvalue weighted by Gasteiger charge is -2.24. The van der Waals surface area contributed by atoms with E-state index < -0.39 is 5.97 Å². The molecular weight excluding hydrogens is 242 g/mol. The summed E-state index contributed by atoms with van der Waals surface area (Å²) in [6, 6.07) is -0.247. The molecule has 2 fully saturated rings. The van der Waals surface area contributed by atoms with Gasteiger partial charge in [-0.3, -0.25) is 9.59 Å². The quantitative estimate of drug-likeness (QED) is 0.776. The number of rotatable bonds is 6. The van der Waals surface area contributed by atoms with Crippen LogP contribution < -0.4 is 5.32 Å². The molecule has 4 nitrogen and oxygen atoms in total. The van der Waals surface area contributed by atoms with E-state index in [1.54, 1.807) is 0 Å². The summed E-state index contributed by atoms with van der Waals surface area (Å²) < 4.78 is 0. The van der Waals surface area contributed by atoms with Crippen molar-refractivity contribution in [2.75, 3.05) is 0 Å². The van der Waals surface area contributed by atoms with Crippen molar-refractivity contribution in [3.05, 3.63) is 0 Å². The van der Waals surface area contributed by atoms with E-state index in [1.165, 1.54) is 25.7 Å². The number of fused-ring (bicyclic) bond motifs is 2. The molecule has 0 aromatic heterocycles. The molecule has 0 aromatic rings. The molecule has 2 N–H and O–H groups in total. The van der Waals surface area contributed by atoms with Crippen molar-refractivity contribution in [2.24, 2.45) is 23.7 Å². The minimum absolute atomic E-state index is 0.0140. The molecule has 2 saturated carbocycles. The largest absolute Gasteiger partial charge is 0.481 e. The molecule has 4 atom stereocenters. The van der Waals surface area contributed by atoms with Crippen LogP contribution in [0.1, 0.15) is 52.4 Å². The Morgan fingerprint density at radius 3 is 2.47 bits per heavy atom. The van der Waals surface area contributed by atoms with Gasteiger partial charge in [-0.2, -0.15) is 0 Å². The third kappa shape index (κ3) is 3.71. The van der Waals surface area contributed by atoms with Gasteiger partial charge in [-0.05, 0) is 42.9 Å². The van der Waals surface area contributed by atoms with Crippen molar-refractivity contribution in [3.63, 3.8) is 0 Å². The molecule has 0 spiro atoms. The van der Waals surface area contributed by atoms with Crippen molar-refractivity contribution in [3.8, 4) is 0 Å². The minimum atomic E-state index is -0.848. The van der Waals surface area contributed by atoms with Gasteiger partial charge in [-0.1, -0.05) is 20.3 Å². The van der Waals surface area contributed by atoms with E-state index in [9.17, 15) is 9.59 Å². The normalized spacial score (nSPS) is 30.6. The van der Waals surface area contributed by atoms with Crippen LogP contribution in [0.3, 0.4) is 0 Å². The predicted molar refractivity (Wildman–Crippen MR) is 72.6 cm³/mol. The highest BCUT2D eigenvalue weighted by molar-refractivity contribution is 5.77. The third-order valence-corrected chi connectivity index (χ3v) is 4.88. The first-order valence-electron chi connectivity index (χ1n) is 7.46. The Morgan fingerprint density at radius 1 is 1.26 bits per heavy atom. The maximum atomic E-state index is 12.1. The first-order valence-corrected chi connectivity index (χ1v) is 7.46. The lowest BCUT2D eigenvalue weighted by Crippen LogP contribution is -2.41. The second-order valence-corrected chi connectivity index (χ2v) is 6.65. The Balaban J connectivity index is 1.80. The zero-order valence-electron chi connectivity index (χ0n) is 11.9. The fourth-order valence-electron chi connectivity index (χ4n) is 3.77. The number of carbonyl (C=O) groups excluding carboxylic acids is 1. The number of hydrogen-bond acceptors (Lipinski definition) is 2. The lowest BCUT2D eigenvalue weighted by atomic mass is 9.86. The molecule has 4 unspecified atom stereocenters. The number of hydrogen-bond donors (Lipinski definition) is 2. The topological polar surface area (TPSA) is 66.4 Å². The Hall–Kier alpha value is -1.06. The zero-order chi connectivity index (χ0) is 14.0. The molecule has 2 rings (SSSR count). The number of amides is 1. The molecule has 19 heavy (non-hydrogen) atoms. The van der Waals surface area contributed by atoms with Crippen LogP contribution in [0, 0.1) is 23.7 Å². The summed E-state index contributed by atoms with van der Waals surface area (Å²) in [4.78, 5) is 22.9. The van der Waals surface area contributed by atoms with E-state index in [1.807, 2.05) is 13.8 Å². The van der Waals surface area contributed by atoms with Crippen molar-refractivity contribution >= 4 is 11.9 Å². The van der Waals surface area contributed by atoms with Gasteiger partial charge in [-0.25, -0.2) is 0 Å². The van der Waals surface area contributed by atoms with E-state index >= 15 is 0 Å². The van der Waals surface area contributed by atoms with Gasteiger partial charge < -0.3 is 10.4 Å². The average Bonchev–Trinajstić information content (AvgIpc) is 2.89. The summed E-state index contributed by atoms with van der Waals surface area (Å²) >= 11 is 0. The number of aliphatic carboxylic acids is 1. The maximum Gasteiger partial charge on any atom is 0.305 e. The summed E-state index contributed by atoms with van der Waals surface area (Å²) in [6.45, 7) is 3.90. The molecule has 1 amide bonds. The number of carbonyl (C=O) groups is 2. The van der Waals surface area contributed by atoms with Gasteiger partial charge in [0.05, 0.1) is 6.42 Å². The third-order valence-electron chi connectivity index (χ3n) is 4.88. The van der Waals surface area contributed by atoms with Gasteiger partial charge in [-0.15, -0.1) is 0 Å². The van der Waals surface area contributed by atoms with Gasteiger partial charge in [0.2, 0.25) is 5.91 Å². The van der Waals surface area contributed by atoms with Crippen LogP contribution in [0.5, 0.6) is 0 Å². The Kier molecular flexibility index (Phi) is 4.48. The number of nitrogens with one attached hydrogen (secondary N) is 1. The smallest absolute Gasteiger partial charge is 0.305 e. The van der Waals surface area contributed by atoms with E-state index in [0.717, 1.165) is 11.8 Å². The van der Waals surface area contributed by atoms with Crippen LogP contribution in [0.2, 0.25) is 0 Å². The molecule has 4 heteroatoms. The van der Waals surface area contributed by atoms with Crippen LogP contribution in [-0.4, -0.2) is 23.0 Å². The molecule has 0 radical (unpaired) electrons. The second-order valence-electron chi connectivity index (χ2n) is 6.65. The van der Waals surface area contributed by atoms with Gasteiger partial charge in [0.1, 0.15) is 0 Å². The second kappa shape index (κ2) is 5.93. The highest BCUT2D eigenvalue weighted by atomic mass is 16.4. The van der Waals surface area contributed by atoms with Crippen molar-refractivity contribution < 1.29 is 14.7 Å². The van der Waals surface area contributed by atoms with E-state index in [-0.39, 0.29) is 24.3 Å². The van der Waals surface area contributed by atoms with E-state index in [2.05, 4.69) is 5.32 Å². The Bertz CT molecular complexity index is 353.